The van der Waals surface area contributed by atoms with Crippen LogP contribution in [0.3, 0.4) is 0 Å². The Morgan fingerprint density at radius 3 is 2.38 bits per heavy atom. The molecule has 0 radical (unpaired) electrons. The fourth-order valence-electron chi connectivity index (χ4n) is 3.77. The minimum Gasteiger partial charge on any atom is -0.493 e. The van der Waals surface area contributed by atoms with Gasteiger partial charge in [0.25, 0.3) is 11.8 Å². The average Bonchev–Trinajstić information content (AvgIpc) is 2.99. The van der Waals surface area contributed by atoms with E-state index in [9.17, 15) is 18.8 Å². The number of carbonyl (C=O) groups is 3. The summed E-state index contributed by atoms with van der Waals surface area (Å²) in [4.78, 5) is 39.5. The quantitative estimate of drug-likeness (QED) is 0.126. The molecule has 4 aromatic carbocycles. The maximum absolute atomic E-state index is 13.4. The van der Waals surface area contributed by atoms with Gasteiger partial charge in [-0.05, 0) is 67.6 Å². The summed E-state index contributed by atoms with van der Waals surface area (Å²) >= 11 is 7.03. The molecule has 42 heavy (non-hydrogen) atoms. The van der Waals surface area contributed by atoms with E-state index >= 15 is 0 Å². The molecule has 4 aromatic rings. The monoisotopic (exact) mass is 603 g/mol. The van der Waals surface area contributed by atoms with Crippen molar-refractivity contribution in [3.8, 4) is 5.75 Å². The van der Waals surface area contributed by atoms with Crippen LogP contribution in [-0.4, -0.2) is 30.1 Å². The fraction of sp³-hybridized carbons (Fsp3) is 0.0938. The molecule has 10 heteroatoms. The molecular formula is C32H27ClFN3O4S. The van der Waals surface area contributed by atoms with Gasteiger partial charge in [-0.1, -0.05) is 54.1 Å². The van der Waals surface area contributed by atoms with Crippen molar-refractivity contribution in [3.05, 3.63) is 125 Å². The van der Waals surface area contributed by atoms with Crippen LogP contribution in [0.4, 0.5) is 15.8 Å². The highest BCUT2D eigenvalue weighted by atomic mass is 35.5. The molecule has 214 valence electrons. The predicted molar refractivity (Wildman–Crippen MR) is 165 cm³/mol. The van der Waals surface area contributed by atoms with Gasteiger partial charge >= 0.3 is 0 Å². The summed E-state index contributed by atoms with van der Waals surface area (Å²) in [5, 5.41) is 8.13. The first-order valence-corrected chi connectivity index (χ1v) is 14.3. The first-order chi connectivity index (χ1) is 20.3. The summed E-state index contributed by atoms with van der Waals surface area (Å²) in [5.74, 6) is -1.22. The molecule has 0 saturated carbocycles. The van der Waals surface area contributed by atoms with E-state index in [1.807, 2.05) is 19.1 Å². The van der Waals surface area contributed by atoms with Crippen molar-refractivity contribution in [1.82, 2.24) is 5.32 Å². The van der Waals surface area contributed by atoms with Crippen molar-refractivity contribution in [2.24, 2.45) is 0 Å². The first-order valence-electron chi connectivity index (χ1n) is 12.9. The Morgan fingerprint density at radius 1 is 0.881 bits per heavy atom. The zero-order valence-electron chi connectivity index (χ0n) is 22.5. The molecule has 0 bridgehead atoms. The average molecular weight is 604 g/mol. The van der Waals surface area contributed by atoms with E-state index in [2.05, 4.69) is 16.0 Å². The lowest BCUT2D eigenvalue weighted by Gasteiger charge is -2.13. The van der Waals surface area contributed by atoms with E-state index in [0.29, 0.717) is 34.9 Å². The van der Waals surface area contributed by atoms with E-state index in [4.69, 9.17) is 16.3 Å². The smallest absolute Gasteiger partial charge is 0.272 e. The van der Waals surface area contributed by atoms with Gasteiger partial charge in [0.2, 0.25) is 5.91 Å². The lowest BCUT2D eigenvalue weighted by molar-refractivity contribution is -0.114. The number of nitrogens with one attached hydrogen (secondary N) is 3. The number of para-hydroxylation sites is 1. The van der Waals surface area contributed by atoms with Gasteiger partial charge < -0.3 is 20.7 Å². The van der Waals surface area contributed by atoms with Gasteiger partial charge in [-0.15, -0.1) is 11.8 Å². The minimum atomic E-state index is -0.570. The zero-order chi connectivity index (χ0) is 29.9. The van der Waals surface area contributed by atoms with Crippen LogP contribution in [-0.2, 0) is 9.59 Å². The van der Waals surface area contributed by atoms with Gasteiger partial charge in [-0.2, -0.15) is 0 Å². The molecule has 0 saturated heterocycles. The highest BCUT2D eigenvalue weighted by molar-refractivity contribution is 8.00. The van der Waals surface area contributed by atoms with Gasteiger partial charge in [-0.3, -0.25) is 14.4 Å². The van der Waals surface area contributed by atoms with Crippen LogP contribution < -0.4 is 20.7 Å². The summed E-state index contributed by atoms with van der Waals surface area (Å²) in [7, 11) is 0. The number of rotatable bonds is 11. The highest BCUT2D eigenvalue weighted by Gasteiger charge is 2.16. The summed E-state index contributed by atoms with van der Waals surface area (Å²) in [6.07, 6.45) is 1.56. The van der Waals surface area contributed by atoms with Gasteiger partial charge in [0.15, 0.2) is 0 Å². The van der Waals surface area contributed by atoms with Crippen molar-refractivity contribution in [3.63, 3.8) is 0 Å². The number of hydrogen-bond donors (Lipinski definition) is 3. The van der Waals surface area contributed by atoms with Gasteiger partial charge in [0.1, 0.15) is 17.3 Å². The Bertz CT molecular complexity index is 1610. The maximum atomic E-state index is 13.4. The van der Waals surface area contributed by atoms with Crippen LogP contribution in [0.1, 0.15) is 22.8 Å². The Morgan fingerprint density at radius 2 is 1.62 bits per heavy atom. The molecule has 0 spiro atoms. The van der Waals surface area contributed by atoms with Crippen molar-refractivity contribution in [2.45, 2.75) is 11.8 Å². The normalized spacial score (nSPS) is 11.0. The van der Waals surface area contributed by atoms with E-state index in [1.54, 1.807) is 72.8 Å². The number of hydrogen-bond acceptors (Lipinski definition) is 5. The largest absolute Gasteiger partial charge is 0.493 e. The van der Waals surface area contributed by atoms with E-state index in [-0.39, 0.29) is 22.4 Å². The third-order valence-corrected chi connectivity index (χ3v) is 7.00. The van der Waals surface area contributed by atoms with Crippen molar-refractivity contribution < 1.29 is 23.5 Å². The van der Waals surface area contributed by atoms with Gasteiger partial charge in [-0.25, -0.2) is 4.39 Å². The second-order valence-electron chi connectivity index (χ2n) is 8.80. The van der Waals surface area contributed by atoms with E-state index in [0.717, 1.165) is 4.90 Å². The Kier molecular flexibility index (Phi) is 10.7. The Labute approximate surface area is 252 Å². The van der Waals surface area contributed by atoms with Crippen LogP contribution in [0, 0.1) is 5.82 Å². The van der Waals surface area contributed by atoms with Crippen molar-refractivity contribution in [2.75, 3.05) is 23.0 Å². The van der Waals surface area contributed by atoms with Crippen LogP contribution in [0.5, 0.6) is 5.75 Å². The molecule has 0 unspecified atom stereocenters. The second kappa shape index (κ2) is 14.9. The molecule has 3 N–H and O–H groups in total. The van der Waals surface area contributed by atoms with E-state index < -0.39 is 17.6 Å². The predicted octanol–water partition coefficient (Wildman–Crippen LogP) is 7.02. The van der Waals surface area contributed by atoms with Crippen molar-refractivity contribution >= 4 is 58.5 Å². The second-order valence-corrected chi connectivity index (χ2v) is 10.3. The molecule has 0 fully saturated rings. The lowest BCUT2D eigenvalue weighted by Crippen LogP contribution is -2.30. The molecular weight excluding hydrogens is 577 g/mol. The standard InChI is InChI=1S/C32H27ClFN3O4S/c1-2-41-29-14-7-6-11-22(29)17-28(37-31(39)21-9-4-3-5-10-21)32(40)36-23-12-8-13-25(18-23)42-20-30(38)35-24-15-16-27(34)26(33)19-24/h3-19H,2,20H2,1H3,(H,35,38)(H,36,40)(H,37,39)/b28-17+. The number of carbonyl (C=O) groups excluding carboxylic acids is 3. The summed E-state index contributed by atoms with van der Waals surface area (Å²) in [6, 6.07) is 26.7. The third-order valence-electron chi connectivity index (χ3n) is 5.71. The Hall–Kier alpha value is -4.60. The number of benzene rings is 4. The van der Waals surface area contributed by atoms with Crippen LogP contribution in [0.2, 0.25) is 5.02 Å². The number of amides is 3. The molecule has 4 rings (SSSR count). The molecule has 0 aliphatic rings. The zero-order valence-corrected chi connectivity index (χ0v) is 24.1. The summed E-state index contributed by atoms with van der Waals surface area (Å²) in [5.41, 5.74) is 1.89. The van der Waals surface area contributed by atoms with Gasteiger partial charge in [0.05, 0.1) is 17.4 Å². The molecule has 0 aromatic heterocycles. The Balaban J connectivity index is 1.48. The SMILES string of the molecule is CCOc1ccccc1/C=C(/NC(=O)c1ccccc1)C(=O)Nc1cccc(SCC(=O)Nc2ccc(F)c(Cl)c2)c1. The third kappa shape index (κ3) is 8.70. The van der Waals surface area contributed by atoms with Crippen LogP contribution in [0.25, 0.3) is 6.08 Å². The number of ether oxygens (including phenoxy) is 1. The lowest BCUT2D eigenvalue weighted by atomic mass is 10.1. The summed E-state index contributed by atoms with van der Waals surface area (Å²) in [6.45, 7) is 2.29. The highest BCUT2D eigenvalue weighted by Crippen LogP contribution is 2.25. The first kappa shape index (κ1) is 30.4. The molecule has 7 nitrogen and oxygen atoms in total. The fourth-order valence-corrected chi connectivity index (χ4v) is 4.70. The van der Waals surface area contributed by atoms with Crippen LogP contribution in [0.15, 0.2) is 108 Å². The maximum Gasteiger partial charge on any atom is 0.272 e. The minimum absolute atomic E-state index is 0.0198. The van der Waals surface area contributed by atoms with E-state index in [1.165, 1.54) is 30.0 Å². The molecule has 0 aliphatic heterocycles. The van der Waals surface area contributed by atoms with Crippen LogP contribution >= 0.6 is 23.4 Å². The topological polar surface area (TPSA) is 96.5 Å². The number of anilines is 2. The van der Waals surface area contributed by atoms with Crippen molar-refractivity contribution in [1.29, 1.82) is 0 Å². The number of halogens is 2. The molecule has 0 atom stereocenters. The molecule has 0 aliphatic carbocycles. The summed E-state index contributed by atoms with van der Waals surface area (Å²) < 4.78 is 19.1. The van der Waals surface area contributed by atoms with Gasteiger partial charge in [0, 0.05) is 27.4 Å². The molecule has 0 heterocycles. The number of thioether (sulfide) groups is 1. The molecule has 3 amide bonds.